The third-order valence-corrected chi connectivity index (χ3v) is 4.58. The normalized spacial score (nSPS) is 11.3. The van der Waals surface area contributed by atoms with Crippen molar-refractivity contribution in [3.05, 3.63) is 0 Å². The van der Waals surface area contributed by atoms with Gasteiger partial charge in [-0.25, -0.2) is 4.79 Å². The second kappa shape index (κ2) is 3.70. The lowest BCUT2D eigenvalue weighted by Gasteiger charge is -2.29. The Labute approximate surface area is 66.8 Å². The van der Waals surface area contributed by atoms with Crippen LogP contribution >= 0.6 is 0 Å². The lowest BCUT2D eigenvalue weighted by molar-refractivity contribution is 0.142. The number of rotatable bonds is 3. The van der Waals surface area contributed by atoms with Gasteiger partial charge in [-0.2, -0.15) is 0 Å². The molecule has 0 spiro atoms. The topological polar surface area (TPSA) is 59.0 Å². The van der Waals surface area contributed by atoms with Crippen LogP contribution in [0, 0.1) is 0 Å². The number of carboxylic acid groups (broad SMARTS) is 1. The van der Waals surface area contributed by atoms with Gasteiger partial charge in [-0.3, -0.25) is 4.57 Å². The minimum Gasteiger partial charge on any atom is -0.465 e. The molecule has 66 valence electrons. The summed E-state index contributed by atoms with van der Waals surface area (Å²) in [5.74, 6) is 0. The summed E-state index contributed by atoms with van der Waals surface area (Å²) in [4.78, 5) is 10.5. The van der Waals surface area contributed by atoms with Crippen molar-refractivity contribution < 1.29 is 18.8 Å². The van der Waals surface area contributed by atoms with Crippen LogP contribution < -0.4 is 0 Å². The molecule has 0 radical (unpaired) electrons. The first-order chi connectivity index (χ1) is 4.98. The molecular weight excluding hydrogens is 166 g/mol. The van der Waals surface area contributed by atoms with Gasteiger partial charge in [0.1, 0.15) is 0 Å². The second-order valence-electron chi connectivity index (χ2n) is 2.15. The van der Waals surface area contributed by atoms with Crippen molar-refractivity contribution in [2.24, 2.45) is 0 Å². The maximum Gasteiger partial charge on any atom is 0.460 e. The molecule has 1 N–H and O–H groups in total. The Kier molecular flexibility index (Phi) is 3.50. The van der Waals surface area contributed by atoms with Crippen LogP contribution in [0.3, 0.4) is 0 Å². The Bertz CT molecular complexity index is 147. The van der Waals surface area contributed by atoms with E-state index in [1.165, 1.54) is 21.3 Å². The van der Waals surface area contributed by atoms with Crippen molar-refractivity contribution in [3.63, 3.8) is 0 Å². The Hall–Kier alpha value is -0.593. The smallest absolute Gasteiger partial charge is 0.460 e. The summed E-state index contributed by atoms with van der Waals surface area (Å²) in [5.41, 5.74) is 0. The minimum atomic E-state index is -2.63. The van der Waals surface area contributed by atoms with Crippen molar-refractivity contribution in [1.82, 2.24) is 4.57 Å². The molecule has 0 aliphatic heterocycles. The predicted octanol–water partition coefficient (Wildman–Crippen LogP) is 0.458. The van der Waals surface area contributed by atoms with E-state index in [9.17, 15) is 4.79 Å². The first-order valence-electron chi connectivity index (χ1n) is 3.05. The summed E-state index contributed by atoms with van der Waals surface area (Å²) < 4.78 is 11.0. The van der Waals surface area contributed by atoms with Gasteiger partial charge >= 0.3 is 14.8 Å². The second-order valence-corrected chi connectivity index (χ2v) is 5.43. The molecular formula is C5H13NO4Si. The average molecular weight is 179 g/mol. The molecule has 0 aromatic rings. The van der Waals surface area contributed by atoms with Gasteiger partial charge in [-0.05, 0) is 6.55 Å². The molecule has 0 aromatic heterocycles. The van der Waals surface area contributed by atoms with Gasteiger partial charge in [0.2, 0.25) is 0 Å². The first-order valence-corrected chi connectivity index (χ1v) is 5.31. The highest BCUT2D eigenvalue weighted by Gasteiger charge is 2.38. The van der Waals surface area contributed by atoms with Crippen LogP contribution in [0.5, 0.6) is 0 Å². The molecule has 0 aliphatic rings. The van der Waals surface area contributed by atoms with Crippen molar-refractivity contribution >= 4 is 14.8 Å². The fourth-order valence-electron chi connectivity index (χ4n) is 0.531. The Morgan fingerprint density at radius 2 is 1.82 bits per heavy atom. The highest BCUT2D eigenvalue weighted by Crippen LogP contribution is 2.08. The lowest BCUT2D eigenvalue weighted by Crippen LogP contribution is -2.55. The van der Waals surface area contributed by atoms with E-state index in [2.05, 4.69) is 0 Å². The molecule has 11 heavy (non-hydrogen) atoms. The zero-order valence-corrected chi connectivity index (χ0v) is 8.12. The fraction of sp³-hybridized carbons (Fsp3) is 0.800. The summed E-state index contributed by atoms with van der Waals surface area (Å²) in [6.07, 6.45) is -1.04. The molecule has 0 atom stereocenters. The molecule has 0 fully saturated rings. The molecule has 6 heteroatoms. The zero-order valence-electron chi connectivity index (χ0n) is 7.12. The maximum atomic E-state index is 10.5. The average Bonchev–Trinajstić information content (AvgIpc) is 2.01. The highest BCUT2D eigenvalue weighted by molar-refractivity contribution is 6.65. The van der Waals surface area contributed by atoms with Gasteiger partial charge in [-0.15, -0.1) is 0 Å². The highest BCUT2D eigenvalue weighted by atomic mass is 28.4. The summed E-state index contributed by atoms with van der Waals surface area (Å²) in [5, 5.41) is 8.58. The summed E-state index contributed by atoms with van der Waals surface area (Å²) in [6, 6.07) is 0. The van der Waals surface area contributed by atoms with Crippen LogP contribution in [0.15, 0.2) is 0 Å². The maximum absolute atomic E-state index is 10.5. The molecule has 0 aromatic carbocycles. The van der Waals surface area contributed by atoms with Crippen molar-refractivity contribution in [1.29, 1.82) is 0 Å². The van der Waals surface area contributed by atoms with Crippen molar-refractivity contribution in [2.45, 2.75) is 6.55 Å². The van der Waals surface area contributed by atoms with E-state index in [-0.39, 0.29) is 0 Å². The van der Waals surface area contributed by atoms with E-state index >= 15 is 0 Å². The molecule has 0 bridgehead atoms. The summed E-state index contributed by atoms with van der Waals surface area (Å²) >= 11 is 0. The molecule has 0 unspecified atom stereocenters. The molecule has 5 nitrogen and oxygen atoms in total. The van der Waals surface area contributed by atoms with Gasteiger partial charge < -0.3 is 14.0 Å². The van der Waals surface area contributed by atoms with Gasteiger partial charge in [0, 0.05) is 21.3 Å². The number of amides is 1. The summed E-state index contributed by atoms with van der Waals surface area (Å²) in [6.45, 7) is 1.65. The SMILES string of the molecule is CO[Si](C)(OC)N(C)C(=O)O. The van der Waals surface area contributed by atoms with E-state index in [1.54, 1.807) is 6.55 Å². The Morgan fingerprint density at radius 1 is 1.45 bits per heavy atom. The molecule has 0 heterocycles. The summed E-state index contributed by atoms with van der Waals surface area (Å²) in [7, 11) is 1.68. The van der Waals surface area contributed by atoms with E-state index in [0.29, 0.717) is 0 Å². The Balaban J connectivity index is 4.36. The molecule has 0 saturated carbocycles. The molecule has 1 amide bonds. The van der Waals surface area contributed by atoms with E-state index < -0.39 is 14.8 Å². The van der Waals surface area contributed by atoms with Crippen LogP contribution in [0.4, 0.5) is 4.79 Å². The third-order valence-electron chi connectivity index (χ3n) is 1.65. The van der Waals surface area contributed by atoms with Gasteiger partial charge in [0.05, 0.1) is 0 Å². The monoisotopic (exact) mass is 179 g/mol. The van der Waals surface area contributed by atoms with Gasteiger partial charge in [0.25, 0.3) is 0 Å². The van der Waals surface area contributed by atoms with Gasteiger partial charge in [0.15, 0.2) is 0 Å². The number of hydrogen-bond donors (Lipinski definition) is 1. The first kappa shape index (κ1) is 10.4. The number of carbonyl (C=O) groups is 1. The molecule has 0 rings (SSSR count). The van der Waals surface area contributed by atoms with Crippen molar-refractivity contribution in [3.8, 4) is 0 Å². The Morgan fingerprint density at radius 3 is 1.91 bits per heavy atom. The van der Waals surface area contributed by atoms with E-state index in [4.69, 9.17) is 14.0 Å². The van der Waals surface area contributed by atoms with Crippen LogP contribution in [-0.2, 0) is 8.85 Å². The predicted molar refractivity (Wildman–Crippen MR) is 41.4 cm³/mol. The minimum absolute atomic E-state index is 1.04. The quantitative estimate of drug-likeness (QED) is 0.639. The third kappa shape index (κ3) is 2.17. The van der Waals surface area contributed by atoms with Gasteiger partial charge in [-0.1, -0.05) is 0 Å². The molecule has 0 saturated heterocycles. The van der Waals surface area contributed by atoms with Crippen LogP contribution in [0.2, 0.25) is 6.55 Å². The standard InChI is InChI=1S/C5H13NO4Si/c1-6(5(7)8)11(4,9-2)10-3/h1-4H3,(H,7,8). The van der Waals surface area contributed by atoms with Crippen LogP contribution in [-0.4, -0.2) is 45.8 Å². The number of hydrogen-bond acceptors (Lipinski definition) is 3. The van der Waals surface area contributed by atoms with Crippen LogP contribution in [0.25, 0.3) is 0 Å². The molecule has 0 aliphatic carbocycles. The zero-order chi connectivity index (χ0) is 9.07. The number of nitrogens with zero attached hydrogens (tertiary/aromatic N) is 1. The fourth-order valence-corrected chi connectivity index (χ4v) is 1.59. The van der Waals surface area contributed by atoms with E-state index in [1.807, 2.05) is 0 Å². The largest absolute Gasteiger partial charge is 0.465 e. The van der Waals surface area contributed by atoms with E-state index in [0.717, 1.165) is 4.57 Å². The van der Waals surface area contributed by atoms with Crippen LogP contribution in [0.1, 0.15) is 0 Å². The lowest BCUT2D eigenvalue weighted by atomic mass is 11.1. The van der Waals surface area contributed by atoms with Crippen molar-refractivity contribution in [2.75, 3.05) is 21.3 Å².